The van der Waals surface area contributed by atoms with Gasteiger partial charge < -0.3 is 15.2 Å². The van der Waals surface area contributed by atoms with Gasteiger partial charge in [-0.15, -0.1) is 5.10 Å². The molecule has 19 heavy (non-hydrogen) atoms. The Kier molecular flexibility index (Phi) is 2.98. The summed E-state index contributed by atoms with van der Waals surface area (Å²) >= 11 is 0. The maximum atomic E-state index is 6.09. The SMILES string of the molecule is Cc1cc(-c2nc(N3CCC(C)C(N)C3)n[nH]2)no1. The number of aryl methyl sites for hydroxylation is 1. The second-order valence-corrected chi connectivity index (χ2v) is 5.18. The summed E-state index contributed by atoms with van der Waals surface area (Å²) in [5.74, 6) is 2.60. The third-order valence-corrected chi connectivity index (χ3v) is 3.64. The van der Waals surface area contributed by atoms with Gasteiger partial charge in [-0.05, 0) is 19.3 Å². The van der Waals surface area contributed by atoms with Crippen molar-refractivity contribution in [3.63, 3.8) is 0 Å². The molecule has 1 aliphatic heterocycles. The maximum Gasteiger partial charge on any atom is 0.245 e. The lowest BCUT2D eigenvalue weighted by molar-refractivity contribution is 0.376. The quantitative estimate of drug-likeness (QED) is 0.836. The lowest BCUT2D eigenvalue weighted by Gasteiger charge is -2.34. The normalized spacial score (nSPS) is 23.8. The second kappa shape index (κ2) is 4.65. The Hall–Kier alpha value is -1.89. The van der Waals surface area contributed by atoms with Crippen LogP contribution < -0.4 is 10.6 Å². The van der Waals surface area contributed by atoms with E-state index in [0.717, 1.165) is 25.3 Å². The fourth-order valence-electron chi connectivity index (χ4n) is 2.27. The Morgan fingerprint density at radius 3 is 3.05 bits per heavy atom. The summed E-state index contributed by atoms with van der Waals surface area (Å²) in [4.78, 5) is 6.57. The number of aromatic amines is 1. The number of nitrogens with one attached hydrogen (secondary N) is 1. The highest BCUT2D eigenvalue weighted by Gasteiger charge is 2.25. The molecule has 0 aromatic carbocycles. The number of H-pyrrole nitrogens is 1. The van der Waals surface area contributed by atoms with Crippen LogP contribution in [0.2, 0.25) is 0 Å². The fourth-order valence-corrected chi connectivity index (χ4v) is 2.27. The molecule has 0 aliphatic carbocycles. The molecule has 2 atom stereocenters. The molecule has 3 N–H and O–H groups in total. The van der Waals surface area contributed by atoms with E-state index in [1.807, 2.05) is 13.0 Å². The lowest BCUT2D eigenvalue weighted by atomic mass is 9.95. The number of aromatic nitrogens is 4. The highest BCUT2D eigenvalue weighted by Crippen LogP contribution is 2.22. The molecule has 0 saturated carbocycles. The number of piperidine rings is 1. The monoisotopic (exact) mass is 262 g/mol. The Morgan fingerprint density at radius 1 is 1.53 bits per heavy atom. The smallest absolute Gasteiger partial charge is 0.245 e. The molecule has 7 nitrogen and oxygen atoms in total. The minimum absolute atomic E-state index is 0.171. The number of anilines is 1. The Morgan fingerprint density at radius 2 is 2.37 bits per heavy atom. The van der Waals surface area contributed by atoms with E-state index in [2.05, 4.69) is 32.2 Å². The van der Waals surface area contributed by atoms with Crippen molar-refractivity contribution >= 4 is 5.95 Å². The number of nitrogens with two attached hydrogens (primary N) is 1. The van der Waals surface area contributed by atoms with Crippen LogP contribution in [0.4, 0.5) is 5.95 Å². The van der Waals surface area contributed by atoms with Crippen LogP contribution in [0.5, 0.6) is 0 Å². The van der Waals surface area contributed by atoms with Crippen molar-refractivity contribution < 1.29 is 4.52 Å². The second-order valence-electron chi connectivity index (χ2n) is 5.18. The minimum Gasteiger partial charge on any atom is -0.361 e. The molecule has 3 rings (SSSR count). The van der Waals surface area contributed by atoms with Crippen LogP contribution in [0.3, 0.4) is 0 Å². The molecule has 0 radical (unpaired) electrons. The predicted molar refractivity (Wildman–Crippen MR) is 70.6 cm³/mol. The van der Waals surface area contributed by atoms with Gasteiger partial charge >= 0.3 is 0 Å². The standard InChI is InChI=1S/C12H18N6O/c1-7-3-4-18(6-9(7)13)12-14-11(15-16-12)10-5-8(2)19-17-10/h5,7,9H,3-4,6,13H2,1-2H3,(H,14,15,16). The summed E-state index contributed by atoms with van der Waals surface area (Å²) in [6.45, 7) is 5.75. The number of nitrogens with zero attached hydrogens (tertiary/aromatic N) is 4. The largest absolute Gasteiger partial charge is 0.361 e. The predicted octanol–water partition coefficient (Wildman–Crippen LogP) is 0.942. The summed E-state index contributed by atoms with van der Waals surface area (Å²) in [7, 11) is 0. The van der Waals surface area contributed by atoms with E-state index in [4.69, 9.17) is 10.3 Å². The van der Waals surface area contributed by atoms with Gasteiger partial charge in [-0.25, -0.2) is 0 Å². The van der Waals surface area contributed by atoms with Crippen LogP contribution in [0, 0.1) is 12.8 Å². The van der Waals surface area contributed by atoms with Crippen LogP contribution in [-0.2, 0) is 0 Å². The van der Waals surface area contributed by atoms with E-state index in [1.54, 1.807) is 0 Å². The van der Waals surface area contributed by atoms with Crippen LogP contribution in [0.1, 0.15) is 19.1 Å². The lowest BCUT2D eigenvalue weighted by Crippen LogP contribution is -2.48. The van der Waals surface area contributed by atoms with Gasteiger partial charge in [-0.2, -0.15) is 4.98 Å². The molecule has 3 heterocycles. The molecule has 2 aromatic heterocycles. The van der Waals surface area contributed by atoms with Gasteiger partial charge in [0, 0.05) is 25.2 Å². The van der Waals surface area contributed by atoms with Crippen molar-refractivity contribution in [2.24, 2.45) is 11.7 Å². The zero-order valence-corrected chi connectivity index (χ0v) is 11.1. The molecular weight excluding hydrogens is 244 g/mol. The van der Waals surface area contributed by atoms with E-state index < -0.39 is 0 Å². The molecule has 1 saturated heterocycles. The van der Waals surface area contributed by atoms with Crippen molar-refractivity contribution in [2.45, 2.75) is 26.3 Å². The van der Waals surface area contributed by atoms with Gasteiger partial charge in [-0.1, -0.05) is 12.1 Å². The molecule has 102 valence electrons. The first-order valence-corrected chi connectivity index (χ1v) is 6.50. The molecule has 7 heteroatoms. The average molecular weight is 262 g/mol. The van der Waals surface area contributed by atoms with E-state index in [-0.39, 0.29) is 6.04 Å². The first-order valence-electron chi connectivity index (χ1n) is 6.50. The molecule has 0 bridgehead atoms. The molecule has 1 aliphatic rings. The molecule has 0 amide bonds. The summed E-state index contributed by atoms with van der Waals surface area (Å²) in [5.41, 5.74) is 6.76. The molecule has 1 fully saturated rings. The average Bonchev–Trinajstić information content (AvgIpc) is 3.01. The Labute approximate surface area is 111 Å². The summed E-state index contributed by atoms with van der Waals surface area (Å²) in [5, 5.41) is 11.0. The molecule has 2 unspecified atom stereocenters. The summed E-state index contributed by atoms with van der Waals surface area (Å²) < 4.78 is 5.03. The van der Waals surface area contributed by atoms with Crippen molar-refractivity contribution in [2.75, 3.05) is 18.0 Å². The summed E-state index contributed by atoms with van der Waals surface area (Å²) in [6.07, 6.45) is 1.06. The number of rotatable bonds is 2. The summed E-state index contributed by atoms with van der Waals surface area (Å²) in [6, 6.07) is 2.00. The minimum atomic E-state index is 0.171. The Bertz CT molecular complexity index is 562. The zero-order valence-electron chi connectivity index (χ0n) is 11.1. The van der Waals surface area contributed by atoms with Gasteiger partial charge in [0.1, 0.15) is 5.76 Å². The first kappa shape index (κ1) is 12.2. The third-order valence-electron chi connectivity index (χ3n) is 3.64. The van der Waals surface area contributed by atoms with E-state index in [9.17, 15) is 0 Å². The Balaban J connectivity index is 1.78. The van der Waals surface area contributed by atoms with Crippen molar-refractivity contribution in [1.82, 2.24) is 20.3 Å². The third kappa shape index (κ3) is 2.33. The molecule has 2 aromatic rings. The van der Waals surface area contributed by atoms with E-state index in [1.165, 1.54) is 0 Å². The van der Waals surface area contributed by atoms with Gasteiger partial charge in [0.2, 0.25) is 5.95 Å². The van der Waals surface area contributed by atoms with Crippen LogP contribution in [0.25, 0.3) is 11.5 Å². The molecule has 0 spiro atoms. The van der Waals surface area contributed by atoms with Gasteiger partial charge in [-0.3, -0.25) is 5.10 Å². The highest BCUT2D eigenvalue weighted by molar-refractivity contribution is 5.50. The zero-order chi connectivity index (χ0) is 13.4. The highest BCUT2D eigenvalue weighted by atomic mass is 16.5. The maximum absolute atomic E-state index is 6.09. The molecular formula is C12H18N6O. The van der Waals surface area contributed by atoms with Gasteiger partial charge in [0.05, 0.1) is 0 Å². The van der Waals surface area contributed by atoms with Gasteiger partial charge in [0.25, 0.3) is 0 Å². The van der Waals surface area contributed by atoms with Crippen LogP contribution >= 0.6 is 0 Å². The van der Waals surface area contributed by atoms with Crippen molar-refractivity contribution in [3.05, 3.63) is 11.8 Å². The van der Waals surface area contributed by atoms with E-state index in [0.29, 0.717) is 23.4 Å². The fraction of sp³-hybridized carbons (Fsp3) is 0.583. The van der Waals surface area contributed by atoms with Crippen LogP contribution in [0.15, 0.2) is 10.6 Å². The van der Waals surface area contributed by atoms with Crippen molar-refractivity contribution in [3.8, 4) is 11.5 Å². The van der Waals surface area contributed by atoms with E-state index >= 15 is 0 Å². The topological polar surface area (TPSA) is 96.9 Å². The van der Waals surface area contributed by atoms with Crippen molar-refractivity contribution in [1.29, 1.82) is 0 Å². The van der Waals surface area contributed by atoms with Gasteiger partial charge in [0.15, 0.2) is 11.5 Å². The number of hydrogen-bond donors (Lipinski definition) is 2. The first-order chi connectivity index (χ1) is 9.13. The number of hydrogen-bond acceptors (Lipinski definition) is 6. The van der Waals surface area contributed by atoms with Crippen LogP contribution in [-0.4, -0.2) is 39.5 Å².